The Kier molecular flexibility index (Phi) is 6.84. The van der Waals surface area contributed by atoms with Gasteiger partial charge in [0.05, 0.1) is 19.3 Å². The van der Waals surface area contributed by atoms with E-state index in [0.29, 0.717) is 29.8 Å². The third kappa shape index (κ3) is 5.09. The Labute approximate surface area is 214 Å². The van der Waals surface area contributed by atoms with Crippen LogP contribution in [-0.2, 0) is 4.74 Å². The second kappa shape index (κ2) is 10.1. The highest BCUT2D eigenvalue weighted by Gasteiger charge is 2.33. The number of hydrogen-bond donors (Lipinski definition) is 2. The molecule has 0 saturated carbocycles. The molecule has 3 heterocycles. The van der Waals surface area contributed by atoms with Gasteiger partial charge in [-0.05, 0) is 56.2 Å². The van der Waals surface area contributed by atoms with Gasteiger partial charge in [0.25, 0.3) is 0 Å². The summed E-state index contributed by atoms with van der Waals surface area (Å²) in [6, 6.07) is 9.74. The SMILES string of the molecule is Cc1cnc(N)c2c(-c3ccc(Oc4cccc(OC(F)(F)F)c4F)cc3)nc(C3CCC(CO)OC3)n12. The minimum absolute atomic E-state index is 0.0173. The van der Waals surface area contributed by atoms with Crippen molar-refractivity contribution in [2.75, 3.05) is 18.9 Å². The molecule has 0 aliphatic carbocycles. The van der Waals surface area contributed by atoms with Crippen LogP contribution >= 0.6 is 0 Å². The van der Waals surface area contributed by atoms with Gasteiger partial charge in [0.2, 0.25) is 5.82 Å². The van der Waals surface area contributed by atoms with Gasteiger partial charge in [-0.2, -0.15) is 4.39 Å². The lowest BCUT2D eigenvalue weighted by molar-refractivity contribution is -0.275. The van der Waals surface area contributed by atoms with Crippen molar-refractivity contribution in [1.29, 1.82) is 0 Å². The number of aryl methyl sites for hydroxylation is 1. The fourth-order valence-electron chi connectivity index (χ4n) is 4.52. The van der Waals surface area contributed by atoms with Gasteiger partial charge < -0.3 is 25.1 Å². The minimum atomic E-state index is -5.04. The van der Waals surface area contributed by atoms with Crippen molar-refractivity contribution < 1.29 is 36.9 Å². The highest BCUT2D eigenvalue weighted by molar-refractivity contribution is 5.85. The number of halogens is 4. The summed E-state index contributed by atoms with van der Waals surface area (Å²) < 4.78 is 69.0. The smallest absolute Gasteiger partial charge is 0.454 e. The molecule has 38 heavy (non-hydrogen) atoms. The predicted octanol–water partition coefficient (Wildman–Crippen LogP) is 5.37. The summed E-state index contributed by atoms with van der Waals surface area (Å²) in [5.74, 6) is -1.45. The molecular weight excluding hydrogens is 508 g/mol. The molecule has 8 nitrogen and oxygen atoms in total. The fraction of sp³-hybridized carbons (Fsp3) is 0.308. The van der Waals surface area contributed by atoms with Crippen LogP contribution in [0.4, 0.5) is 23.4 Å². The molecule has 200 valence electrons. The highest BCUT2D eigenvalue weighted by atomic mass is 19.4. The van der Waals surface area contributed by atoms with Gasteiger partial charge in [-0.1, -0.05) is 6.07 Å². The molecule has 3 N–H and O–H groups in total. The molecule has 2 aromatic carbocycles. The number of alkyl halides is 3. The number of rotatable bonds is 6. The maximum Gasteiger partial charge on any atom is 0.573 e. The van der Waals surface area contributed by atoms with Crippen LogP contribution in [0.15, 0.2) is 48.7 Å². The third-order valence-corrected chi connectivity index (χ3v) is 6.34. The van der Waals surface area contributed by atoms with E-state index in [4.69, 9.17) is 20.2 Å². The van der Waals surface area contributed by atoms with Gasteiger partial charge in [-0.25, -0.2) is 9.97 Å². The number of benzene rings is 2. The summed E-state index contributed by atoms with van der Waals surface area (Å²) in [5, 5.41) is 9.39. The lowest BCUT2D eigenvalue weighted by Crippen LogP contribution is -2.28. The van der Waals surface area contributed by atoms with Crippen LogP contribution in [-0.4, -0.2) is 45.2 Å². The molecule has 1 aliphatic heterocycles. The molecule has 1 saturated heterocycles. The Bertz CT molecular complexity index is 1450. The van der Waals surface area contributed by atoms with Crippen LogP contribution in [0.3, 0.4) is 0 Å². The first-order valence-electron chi connectivity index (χ1n) is 11.8. The maximum absolute atomic E-state index is 14.5. The number of aromatic nitrogens is 3. The van der Waals surface area contributed by atoms with E-state index in [1.165, 1.54) is 12.1 Å². The normalized spacial score (nSPS) is 18.1. The number of hydrogen-bond acceptors (Lipinski definition) is 7. The van der Waals surface area contributed by atoms with Crippen LogP contribution < -0.4 is 15.2 Å². The van der Waals surface area contributed by atoms with Crippen LogP contribution in [0.5, 0.6) is 17.2 Å². The molecular formula is C26H24F4N4O4. The molecule has 2 aromatic heterocycles. The van der Waals surface area contributed by atoms with Gasteiger partial charge in [0, 0.05) is 23.4 Å². The Morgan fingerprint density at radius 1 is 1.13 bits per heavy atom. The first kappa shape index (κ1) is 25.7. The highest BCUT2D eigenvalue weighted by Crippen LogP contribution is 2.37. The first-order valence-corrected chi connectivity index (χ1v) is 11.8. The van der Waals surface area contributed by atoms with E-state index in [0.717, 1.165) is 24.0 Å². The molecule has 0 bridgehead atoms. The average Bonchev–Trinajstić information content (AvgIpc) is 3.30. The number of nitrogens with two attached hydrogens (primary N) is 1. The summed E-state index contributed by atoms with van der Waals surface area (Å²) in [6.07, 6.45) is -2.08. The zero-order chi connectivity index (χ0) is 27.0. The zero-order valence-electron chi connectivity index (χ0n) is 20.2. The maximum atomic E-state index is 14.5. The molecule has 0 radical (unpaired) electrons. The largest absolute Gasteiger partial charge is 0.573 e. The summed E-state index contributed by atoms with van der Waals surface area (Å²) in [6.45, 7) is 2.27. The Balaban J connectivity index is 1.46. The van der Waals surface area contributed by atoms with Gasteiger partial charge in [-0.15, -0.1) is 13.2 Å². The topological polar surface area (TPSA) is 104 Å². The molecule has 4 aromatic rings. The van der Waals surface area contributed by atoms with Crippen molar-refractivity contribution >= 4 is 11.3 Å². The van der Waals surface area contributed by atoms with Gasteiger partial charge >= 0.3 is 6.36 Å². The third-order valence-electron chi connectivity index (χ3n) is 6.34. The number of nitrogens with zero attached hydrogens (tertiary/aromatic N) is 3. The Morgan fingerprint density at radius 2 is 1.87 bits per heavy atom. The van der Waals surface area contributed by atoms with Crippen LogP contribution in [0.25, 0.3) is 16.8 Å². The number of aliphatic hydroxyl groups is 1. The Morgan fingerprint density at radius 3 is 2.53 bits per heavy atom. The molecule has 1 aliphatic rings. The molecule has 0 amide bonds. The predicted molar refractivity (Wildman–Crippen MR) is 130 cm³/mol. The monoisotopic (exact) mass is 532 g/mol. The van der Waals surface area contributed by atoms with E-state index in [1.807, 2.05) is 11.3 Å². The number of nitrogen functional groups attached to an aromatic ring is 1. The zero-order valence-corrected chi connectivity index (χ0v) is 20.2. The number of fused-ring (bicyclic) bond motifs is 1. The molecule has 0 spiro atoms. The van der Waals surface area contributed by atoms with E-state index in [-0.39, 0.29) is 30.2 Å². The fourth-order valence-corrected chi connectivity index (χ4v) is 4.52. The van der Waals surface area contributed by atoms with E-state index in [1.54, 1.807) is 30.5 Å². The molecule has 1 fully saturated rings. The van der Waals surface area contributed by atoms with E-state index in [2.05, 4.69) is 9.72 Å². The van der Waals surface area contributed by atoms with Crippen LogP contribution in [0, 0.1) is 12.7 Å². The summed E-state index contributed by atoms with van der Waals surface area (Å²) in [4.78, 5) is 9.19. The summed E-state index contributed by atoms with van der Waals surface area (Å²) in [5.41, 5.74) is 8.98. The summed E-state index contributed by atoms with van der Waals surface area (Å²) >= 11 is 0. The minimum Gasteiger partial charge on any atom is -0.454 e. The van der Waals surface area contributed by atoms with E-state index < -0.39 is 23.7 Å². The van der Waals surface area contributed by atoms with E-state index >= 15 is 0 Å². The molecule has 12 heteroatoms. The first-order chi connectivity index (χ1) is 18.1. The van der Waals surface area contributed by atoms with Crippen molar-refractivity contribution in [2.45, 2.75) is 38.1 Å². The number of imidazole rings is 1. The number of aliphatic hydroxyl groups excluding tert-OH is 1. The van der Waals surface area contributed by atoms with Gasteiger partial charge in [-0.3, -0.25) is 4.40 Å². The lowest BCUT2D eigenvalue weighted by atomic mass is 9.98. The second-order valence-electron chi connectivity index (χ2n) is 8.94. The Hall–Kier alpha value is -3.90. The van der Waals surface area contributed by atoms with Crippen LogP contribution in [0.2, 0.25) is 0 Å². The molecule has 2 unspecified atom stereocenters. The number of ether oxygens (including phenoxy) is 3. The average molecular weight is 532 g/mol. The van der Waals surface area contributed by atoms with Gasteiger partial charge in [0.1, 0.15) is 28.6 Å². The van der Waals surface area contributed by atoms with Crippen LogP contribution in [0.1, 0.15) is 30.3 Å². The lowest BCUT2D eigenvalue weighted by Gasteiger charge is -2.27. The van der Waals surface area contributed by atoms with Gasteiger partial charge in [0.15, 0.2) is 11.5 Å². The quantitative estimate of drug-likeness (QED) is 0.322. The van der Waals surface area contributed by atoms with Crippen molar-refractivity contribution in [3.63, 3.8) is 0 Å². The summed E-state index contributed by atoms with van der Waals surface area (Å²) in [7, 11) is 0. The van der Waals surface area contributed by atoms with Crippen molar-refractivity contribution in [1.82, 2.24) is 14.4 Å². The van der Waals surface area contributed by atoms with Crippen molar-refractivity contribution in [3.8, 4) is 28.5 Å². The van der Waals surface area contributed by atoms with E-state index in [9.17, 15) is 22.7 Å². The van der Waals surface area contributed by atoms with Crippen molar-refractivity contribution in [2.24, 2.45) is 0 Å². The number of anilines is 1. The standard InChI is InChI=1S/C26H24F4N4O4/c1-14-11-32-24(31)23-22(33-25(34(14)23)16-7-10-18(12-35)36-13-16)15-5-8-17(9-6-15)37-19-3-2-4-20(21(19)27)38-26(28,29)30/h2-6,8-9,11,16,18,35H,7,10,12-13H2,1H3,(H2,31,32). The second-order valence-corrected chi connectivity index (χ2v) is 8.94. The van der Waals surface area contributed by atoms with Crippen molar-refractivity contribution in [3.05, 3.63) is 66.0 Å². The molecule has 5 rings (SSSR count). The molecule has 2 atom stereocenters.